The van der Waals surface area contributed by atoms with Crippen molar-refractivity contribution in [3.63, 3.8) is 0 Å². The van der Waals surface area contributed by atoms with E-state index in [-0.39, 0.29) is 24.3 Å². The second-order valence-electron chi connectivity index (χ2n) is 10.7. The summed E-state index contributed by atoms with van der Waals surface area (Å²) in [5, 5.41) is 0.914. The van der Waals surface area contributed by atoms with Gasteiger partial charge in [-0.3, -0.25) is 9.36 Å². The second kappa shape index (κ2) is 14.5. The molecule has 0 aliphatic carbocycles. The average molecular weight is 702 g/mol. The Hall–Kier alpha value is -4.83. The molecule has 0 fully saturated rings. The molecule has 11 heteroatoms. The Kier molecular flexibility index (Phi) is 10.0. The van der Waals surface area contributed by atoms with Crippen molar-refractivity contribution >= 4 is 52.3 Å². The topological polar surface area (TPSA) is 88.4 Å². The van der Waals surface area contributed by atoms with Crippen molar-refractivity contribution < 1.29 is 23.7 Å². The van der Waals surface area contributed by atoms with Gasteiger partial charge in [0, 0.05) is 5.56 Å². The van der Waals surface area contributed by atoms with Crippen LogP contribution >= 0.6 is 34.5 Å². The lowest BCUT2D eigenvalue weighted by Crippen LogP contribution is -2.40. The molecule has 5 aromatic rings. The van der Waals surface area contributed by atoms with Crippen molar-refractivity contribution in [2.24, 2.45) is 4.99 Å². The Balaban J connectivity index is 1.45. The fraction of sp³-hybridized carbons (Fsp3) is 0.162. The molecule has 0 bridgehead atoms. The fourth-order valence-corrected chi connectivity index (χ4v) is 6.70. The van der Waals surface area contributed by atoms with Crippen LogP contribution in [0.3, 0.4) is 0 Å². The van der Waals surface area contributed by atoms with Gasteiger partial charge in [0.05, 0.1) is 52.7 Å². The Labute approximate surface area is 290 Å². The normalized spacial score (nSPS) is 14.3. The quantitative estimate of drug-likeness (QED) is 0.148. The van der Waals surface area contributed by atoms with Crippen LogP contribution in [0.1, 0.15) is 35.2 Å². The molecule has 8 nitrogen and oxygen atoms in total. The maximum Gasteiger partial charge on any atom is 0.338 e. The van der Waals surface area contributed by atoms with E-state index in [4.69, 9.17) is 47.1 Å². The number of nitrogens with zero attached hydrogens (tertiary/aromatic N) is 2. The van der Waals surface area contributed by atoms with E-state index in [1.54, 1.807) is 68.2 Å². The fourth-order valence-electron chi connectivity index (χ4n) is 5.38. The second-order valence-corrected chi connectivity index (χ2v) is 12.5. The van der Waals surface area contributed by atoms with Crippen molar-refractivity contribution in [1.82, 2.24) is 4.57 Å². The highest BCUT2D eigenvalue weighted by Gasteiger charge is 2.35. The molecule has 48 heavy (non-hydrogen) atoms. The van der Waals surface area contributed by atoms with Crippen LogP contribution in [0, 0.1) is 0 Å². The lowest BCUT2D eigenvalue weighted by molar-refractivity contribution is -0.138. The third-order valence-corrected chi connectivity index (χ3v) is 9.39. The number of esters is 1. The first-order valence-corrected chi connectivity index (χ1v) is 16.6. The molecule has 244 valence electrons. The number of aromatic nitrogens is 1. The van der Waals surface area contributed by atoms with Gasteiger partial charge in [-0.2, -0.15) is 0 Å². The van der Waals surface area contributed by atoms with Crippen molar-refractivity contribution in [2.75, 3.05) is 20.8 Å². The van der Waals surface area contributed by atoms with Crippen LogP contribution < -0.4 is 29.1 Å². The van der Waals surface area contributed by atoms with Gasteiger partial charge in [-0.25, -0.2) is 9.79 Å². The summed E-state index contributed by atoms with van der Waals surface area (Å²) in [7, 11) is 3.13. The van der Waals surface area contributed by atoms with E-state index in [0.29, 0.717) is 53.5 Å². The Bertz CT molecular complexity index is 2190. The van der Waals surface area contributed by atoms with Gasteiger partial charge in [0.1, 0.15) is 12.4 Å². The molecule has 0 saturated heterocycles. The van der Waals surface area contributed by atoms with Gasteiger partial charge in [0.15, 0.2) is 16.3 Å². The highest BCUT2D eigenvalue weighted by molar-refractivity contribution is 7.07. The third kappa shape index (κ3) is 6.75. The zero-order valence-corrected chi connectivity index (χ0v) is 28.6. The number of halogens is 2. The molecule has 4 aromatic carbocycles. The van der Waals surface area contributed by atoms with Crippen LogP contribution in [0.2, 0.25) is 10.0 Å². The van der Waals surface area contributed by atoms with Crippen LogP contribution in [0.5, 0.6) is 17.2 Å². The number of rotatable bonds is 10. The van der Waals surface area contributed by atoms with E-state index in [9.17, 15) is 9.59 Å². The molecule has 1 atom stereocenters. The zero-order chi connectivity index (χ0) is 33.8. The first-order chi connectivity index (χ1) is 23.3. The van der Waals surface area contributed by atoms with Crippen molar-refractivity contribution in [2.45, 2.75) is 19.6 Å². The summed E-state index contributed by atoms with van der Waals surface area (Å²) >= 11 is 13.4. The minimum atomic E-state index is -0.796. The van der Waals surface area contributed by atoms with E-state index in [2.05, 4.69) is 0 Å². The van der Waals surface area contributed by atoms with Crippen molar-refractivity contribution in [1.29, 1.82) is 0 Å². The highest BCUT2D eigenvalue weighted by atomic mass is 35.5. The number of benzene rings is 4. The minimum absolute atomic E-state index is 0.166. The number of methoxy groups -OCH3 is 2. The lowest BCUT2D eigenvalue weighted by Gasteiger charge is -2.26. The minimum Gasteiger partial charge on any atom is -0.497 e. The number of hydrogen-bond donors (Lipinski definition) is 0. The Morgan fingerprint density at radius 2 is 1.69 bits per heavy atom. The molecule has 0 saturated carbocycles. The molecular weight excluding hydrogens is 671 g/mol. The molecule has 2 heterocycles. The number of ether oxygens (including phenoxy) is 4. The highest BCUT2D eigenvalue weighted by Crippen LogP contribution is 2.36. The van der Waals surface area contributed by atoms with Gasteiger partial charge >= 0.3 is 5.97 Å². The maximum atomic E-state index is 14.2. The molecule has 1 aliphatic heterocycles. The summed E-state index contributed by atoms with van der Waals surface area (Å²) in [4.78, 5) is 33.2. The van der Waals surface area contributed by atoms with E-state index >= 15 is 0 Å². The molecule has 0 unspecified atom stereocenters. The summed E-state index contributed by atoms with van der Waals surface area (Å²) in [5.41, 5.74) is 3.43. The number of carbonyl (C=O) groups excluding carboxylic acids is 1. The van der Waals surface area contributed by atoms with Crippen molar-refractivity contribution in [3.8, 4) is 17.2 Å². The Morgan fingerprint density at radius 3 is 2.38 bits per heavy atom. The molecule has 1 aromatic heterocycles. The smallest absolute Gasteiger partial charge is 0.338 e. The monoisotopic (exact) mass is 700 g/mol. The van der Waals surface area contributed by atoms with Gasteiger partial charge in [-0.1, -0.05) is 89.1 Å². The summed E-state index contributed by atoms with van der Waals surface area (Å²) in [6.07, 6.45) is 1.77. The molecule has 1 aliphatic rings. The van der Waals surface area contributed by atoms with Crippen LogP contribution in [0.25, 0.3) is 11.8 Å². The number of fused-ring (bicyclic) bond motifs is 1. The van der Waals surface area contributed by atoms with E-state index < -0.39 is 12.0 Å². The largest absolute Gasteiger partial charge is 0.497 e. The van der Waals surface area contributed by atoms with Gasteiger partial charge in [-0.05, 0) is 66.1 Å². The van der Waals surface area contributed by atoms with Crippen molar-refractivity contribution in [3.05, 3.63) is 149 Å². The van der Waals surface area contributed by atoms with E-state index in [1.807, 2.05) is 54.6 Å². The van der Waals surface area contributed by atoms with Gasteiger partial charge in [0.25, 0.3) is 5.56 Å². The molecule has 0 amide bonds. The van der Waals surface area contributed by atoms with Gasteiger partial charge in [-0.15, -0.1) is 0 Å². The number of hydrogen-bond acceptors (Lipinski definition) is 8. The molecule has 0 radical (unpaired) electrons. The Morgan fingerprint density at radius 1 is 0.917 bits per heavy atom. The van der Waals surface area contributed by atoms with Gasteiger partial charge in [0.2, 0.25) is 0 Å². The van der Waals surface area contributed by atoms with Gasteiger partial charge < -0.3 is 18.9 Å². The summed E-state index contributed by atoms with van der Waals surface area (Å²) < 4.78 is 24.5. The van der Waals surface area contributed by atoms with Crippen LogP contribution in [0.4, 0.5) is 0 Å². The average Bonchev–Trinajstić information content (AvgIpc) is 3.42. The molecular formula is C37H30Cl2N2O6S. The zero-order valence-electron chi connectivity index (χ0n) is 26.2. The van der Waals surface area contributed by atoms with E-state index in [0.717, 1.165) is 11.1 Å². The maximum absolute atomic E-state index is 14.2. The summed E-state index contributed by atoms with van der Waals surface area (Å²) in [6, 6.07) is 26.6. The molecule has 6 rings (SSSR count). The standard InChI is InChI=1S/C37H30Cl2N2O6S/c1-4-46-36(43)32-33(24-8-6-5-7-9-24)40-37-41(34(32)25-12-14-26(44-2)15-13-25)35(42)31(48-37)20-22-11-17-29(30(19-22)45-3)47-21-23-10-16-27(38)28(39)18-23/h5-20,34H,4,21H2,1-3H3/b31-20-/t34-/m1/s1. The number of carbonyl (C=O) groups is 1. The third-order valence-electron chi connectivity index (χ3n) is 7.67. The van der Waals surface area contributed by atoms with E-state index in [1.165, 1.54) is 11.3 Å². The molecule has 0 N–H and O–H groups in total. The predicted octanol–water partition coefficient (Wildman–Crippen LogP) is 6.84. The lowest BCUT2D eigenvalue weighted by atomic mass is 9.93. The molecule has 0 spiro atoms. The first-order valence-electron chi connectivity index (χ1n) is 15.0. The van der Waals surface area contributed by atoms with Crippen LogP contribution in [0.15, 0.2) is 106 Å². The summed E-state index contributed by atoms with van der Waals surface area (Å²) in [6.45, 7) is 2.17. The SMILES string of the molecule is CCOC(=O)C1=C(c2ccccc2)N=c2s/c(=C\c3ccc(OCc4ccc(Cl)c(Cl)c4)c(OC)c3)c(=O)n2[C@@H]1c1ccc(OC)cc1. The number of thiazole rings is 1. The van der Waals surface area contributed by atoms with Crippen LogP contribution in [-0.4, -0.2) is 31.4 Å². The first kappa shape index (κ1) is 33.1. The summed E-state index contributed by atoms with van der Waals surface area (Å²) in [5.74, 6) is 1.11. The predicted molar refractivity (Wildman–Crippen MR) is 188 cm³/mol. The van der Waals surface area contributed by atoms with Crippen LogP contribution in [-0.2, 0) is 16.1 Å².